The van der Waals surface area contributed by atoms with Gasteiger partial charge in [0.25, 0.3) is 5.56 Å². The number of carbonyl (C=O) groups is 1. The Balaban J connectivity index is 1.44. The van der Waals surface area contributed by atoms with Crippen molar-refractivity contribution in [3.05, 3.63) is 45.4 Å². The Bertz CT molecular complexity index is 957. The fourth-order valence-electron chi connectivity index (χ4n) is 3.35. The van der Waals surface area contributed by atoms with Gasteiger partial charge in [0.1, 0.15) is 0 Å². The van der Waals surface area contributed by atoms with Crippen molar-refractivity contribution >= 4 is 17.7 Å². The van der Waals surface area contributed by atoms with Crippen LogP contribution in [0.1, 0.15) is 23.7 Å². The average Bonchev–Trinajstić information content (AvgIpc) is 3.14. The molecular weight excluding hydrogens is 366 g/mol. The maximum atomic E-state index is 12.7. The Labute approximate surface area is 161 Å². The molecule has 8 heteroatoms. The molecule has 0 saturated carbocycles. The van der Waals surface area contributed by atoms with Crippen molar-refractivity contribution < 1.29 is 14.3 Å². The van der Waals surface area contributed by atoms with Crippen LogP contribution in [0.2, 0.25) is 0 Å². The molecule has 4 rings (SSSR count). The molecular formula is C19H21N3O4S. The van der Waals surface area contributed by atoms with Crippen LogP contribution >= 0.6 is 11.8 Å². The van der Waals surface area contributed by atoms with Gasteiger partial charge in [-0.2, -0.15) is 0 Å². The minimum atomic E-state index is -0.261. The molecule has 3 heterocycles. The molecule has 1 aromatic heterocycles. The molecule has 27 heavy (non-hydrogen) atoms. The molecule has 1 amide bonds. The molecule has 1 unspecified atom stereocenters. The second-order valence-corrected chi connectivity index (χ2v) is 7.63. The summed E-state index contributed by atoms with van der Waals surface area (Å²) in [5, 5.41) is 3.67. The molecule has 1 aromatic carbocycles. The van der Waals surface area contributed by atoms with Crippen LogP contribution < -0.4 is 20.3 Å². The van der Waals surface area contributed by atoms with E-state index < -0.39 is 0 Å². The van der Waals surface area contributed by atoms with Gasteiger partial charge in [-0.3, -0.25) is 14.2 Å². The molecule has 2 aromatic rings. The maximum Gasteiger partial charge on any atom is 0.257 e. The summed E-state index contributed by atoms with van der Waals surface area (Å²) >= 11 is 1.47. The topological polar surface area (TPSA) is 82.5 Å². The summed E-state index contributed by atoms with van der Waals surface area (Å²) in [6.45, 7) is 4.82. The minimum absolute atomic E-state index is 0.0271. The number of nitrogens with zero attached hydrogens (tertiary/aromatic N) is 2. The molecule has 1 atom stereocenters. The fourth-order valence-corrected chi connectivity index (χ4v) is 4.47. The summed E-state index contributed by atoms with van der Waals surface area (Å²) in [4.78, 5) is 29.8. The van der Waals surface area contributed by atoms with Gasteiger partial charge in [-0.05, 0) is 31.0 Å². The van der Waals surface area contributed by atoms with Gasteiger partial charge in [0, 0.05) is 30.1 Å². The van der Waals surface area contributed by atoms with Crippen molar-refractivity contribution in [1.82, 2.24) is 14.9 Å². The number of rotatable bonds is 4. The molecule has 0 aliphatic carbocycles. The van der Waals surface area contributed by atoms with Gasteiger partial charge in [0.15, 0.2) is 16.7 Å². The first-order valence-corrected chi connectivity index (χ1v) is 9.94. The van der Waals surface area contributed by atoms with Crippen LogP contribution in [0, 0.1) is 12.8 Å². The number of hydrogen-bond donors (Lipinski definition) is 1. The number of carbonyl (C=O) groups excluding carboxylic acids is 1. The van der Waals surface area contributed by atoms with E-state index in [0.717, 1.165) is 22.6 Å². The smallest absolute Gasteiger partial charge is 0.257 e. The van der Waals surface area contributed by atoms with Crippen LogP contribution in [-0.2, 0) is 24.3 Å². The number of nitrogens with one attached hydrogen (secondary N) is 1. The average molecular weight is 387 g/mol. The largest absolute Gasteiger partial charge is 0.454 e. The van der Waals surface area contributed by atoms with E-state index in [9.17, 15) is 9.59 Å². The summed E-state index contributed by atoms with van der Waals surface area (Å²) in [5.41, 5.74) is 2.42. The van der Waals surface area contributed by atoms with E-state index in [1.807, 2.05) is 32.0 Å². The van der Waals surface area contributed by atoms with E-state index in [1.54, 1.807) is 4.57 Å². The zero-order valence-electron chi connectivity index (χ0n) is 15.3. The zero-order valence-corrected chi connectivity index (χ0v) is 16.1. The van der Waals surface area contributed by atoms with Gasteiger partial charge >= 0.3 is 0 Å². The maximum absolute atomic E-state index is 12.7. The molecule has 0 radical (unpaired) electrons. The standard InChI is InChI=1S/C19H21N3O4S/c1-3-14-11(2)21-19-22(18(14)24)8-13(9-27-19)17(23)20-7-12-4-5-15-16(6-12)26-10-25-15/h4-6,13H,3,7-10H2,1-2H3,(H,20,23). The van der Waals surface area contributed by atoms with Crippen LogP contribution in [0.15, 0.2) is 28.2 Å². The third-order valence-corrected chi connectivity index (χ3v) is 6.02. The lowest BCUT2D eigenvalue weighted by atomic mass is 10.1. The third-order valence-electron chi connectivity index (χ3n) is 4.88. The highest BCUT2D eigenvalue weighted by Gasteiger charge is 2.28. The quantitative estimate of drug-likeness (QED) is 0.807. The zero-order chi connectivity index (χ0) is 19.0. The van der Waals surface area contributed by atoms with E-state index in [-0.39, 0.29) is 24.2 Å². The van der Waals surface area contributed by atoms with Crippen molar-refractivity contribution in [2.45, 2.75) is 38.5 Å². The monoisotopic (exact) mass is 387 g/mol. The number of thioether (sulfide) groups is 1. The SMILES string of the molecule is CCc1c(C)nc2n(c1=O)CC(C(=O)NCc1ccc3c(c1)OCO3)CS2. The minimum Gasteiger partial charge on any atom is -0.454 e. The lowest BCUT2D eigenvalue weighted by Gasteiger charge is -2.25. The second kappa shape index (κ2) is 7.26. The van der Waals surface area contributed by atoms with Gasteiger partial charge in [0.05, 0.1) is 5.92 Å². The van der Waals surface area contributed by atoms with Crippen molar-refractivity contribution in [1.29, 1.82) is 0 Å². The van der Waals surface area contributed by atoms with E-state index >= 15 is 0 Å². The molecule has 1 N–H and O–H groups in total. The lowest BCUT2D eigenvalue weighted by molar-refractivity contribution is -0.125. The number of aromatic nitrogens is 2. The summed E-state index contributed by atoms with van der Waals surface area (Å²) in [7, 11) is 0. The van der Waals surface area contributed by atoms with Gasteiger partial charge in [-0.15, -0.1) is 0 Å². The first-order valence-electron chi connectivity index (χ1n) is 8.96. The van der Waals surface area contributed by atoms with Crippen molar-refractivity contribution in [2.24, 2.45) is 5.92 Å². The normalized spacial score (nSPS) is 17.5. The van der Waals surface area contributed by atoms with Crippen LogP contribution in [-0.4, -0.2) is 28.0 Å². The molecule has 0 fully saturated rings. The number of hydrogen-bond acceptors (Lipinski definition) is 6. The first kappa shape index (κ1) is 17.9. The van der Waals surface area contributed by atoms with Gasteiger partial charge in [-0.25, -0.2) is 4.98 Å². The van der Waals surface area contributed by atoms with Crippen LogP contribution in [0.4, 0.5) is 0 Å². The highest BCUT2D eigenvalue weighted by atomic mass is 32.2. The summed E-state index contributed by atoms with van der Waals surface area (Å²) in [6.07, 6.45) is 0.642. The Kier molecular flexibility index (Phi) is 4.82. The summed E-state index contributed by atoms with van der Waals surface area (Å²) in [5.74, 6) is 1.72. The molecule has 142 valence electrons. The van der Waals surface area contributed by atoms with Crippen molar-refractivity contribution in [3.63, 3.8) is 0 Å². The predicted molar refractivity (Wildman–Crippen MR) is 101 cm³/mol. The number of fused-ring (bicyclic) bond motifs is 2. The lowest BCUT2D eigenvalue weighted by Crippen LogP contribution is -2.40. The van der Waals surface area contributed by atoms with Crippen LogP contribution in [0.5, 0.6) is 11.5 Å². The Morgan fingerprint density at radius 3 is 3.00 bits per heavy atom. The second-order valence-electron chi connectivity index (χ2n) is 6.64. The first-order chi connectivity index (χ1) is 13.1. The Morgan fingerprint density at radius 1 is 1.37 bits per heavy atom. The van der Waals surface area contributed by atoms with Crippen molar-refractivity contribution in [2.75, 3.05) is 12.5 Å². The van der Waals surface area contributed by atoms with Gasteiger partial charge in [0.2, 0.25) is 12.7 Å². The number of benzene rings is 1. The third kappa shape index (κ3) is 3.41. The van der Waals surface area contributed by atoms with Crippen LogP contribution in [0.3, 0.4) is 0 Å². The van der Waals surface area contributed by atoms with E-state index in [4.69, 9.17) is 9.47 Å². The molecule has 7 nitrogen and oxygen atoms in total. The Hall–Kier alpha value is -2.48. The van der Waals surface area contributed by atoms with E-state index in [0.29, 0.717) is 36.2 Å². The van der Waals surface area contributed by atoms with E-state index in [2.05, 4.69) is 10.3 Å². The summed E-state index contributed by atoms with van der Waals surface area (Å²) in [6, 6.07) is 5.62. The van der Waals surface area contributed by atoms with E-state index in [1.165, 1.54) is 11.8 Å². The Morgan fingerprint density at radius 2 is 2.19 bits per heavy atom. The van der Waals surface area contributed by atoms with Gasteiger partial charge < -0.3 is 14.8 Å². The highest BCUT2D eigenvalue weighted by molar-refractivity contribution is 7.99. The molecule has 0 spiro atoms. The van der Waals surface area contributed by atoms with Gasteiger partial charge in [-0.1, -0.05) is 24.8 Å². The van der Waals surface area contributed by atoms with Crippen molar-refractivity contribution in [3.8, 4) is 11.5 Å². The molecule has 2 aliphatic heterocycles. The van der Waals surface area contributed by atoms with Crippen LogP contribution in [0.25, 0.3) is 0 Å². The molecule has 2 aliphatic rings. The number of aryl methyl sites for hydroxylation is 1. The summed E-state index contributed by atoms with van der Waals surface area (Å²) < 4.78 is 12.3. The number of ether oxygens (including phenoxy) is 2. The fraction of sp³-hybridized carbons (Fsp3) is 0.421. The number of amides is 1. The molecule has 0 saturated heterocycles. The predicted octanol–water partition coefficient (Wildman–Crippen LogP) is 1.88. The molecule has 0 bridgehead atoms. The highest BCUT2D eigenvalue weighted by Crippen LogP contribution is 2.32.